The Kier molecular flexibility index (Phi) is 4.86. The lowest BCUT2D eigenvalue weighted by Crippen LogP contribution is -2.29. The van der Waals surface area contributed by atoms with Crippen molar-refractivity contribution in [2.45, 2.75) is 31.8 Å². The molecular formula is C14H20BrNO. The second-order valence-corrected chi connectivity index (χ2v) is 5.60. The van der Waals surface area contributed by atoms with Crippen molar-refractivity contribution in [1.82, 2.24) is 5.32 Å². The van der Waals surface area contributed by atoms with Crippen LogP contribution in [0, 0.1) is 5.92 Å². The zero-order valence-electron chi connectivity index (χ0n) is 10.3. The quantitative estimate of drug-likeness (QED) is 0.917. The van der Waals surface area contributed by atoms with E-state index in [1.807, 2.05) is 31.3 Å². The molecule has 0 atom stereocenters. The third-order valence-electron chi connectivity index (χ3n) is 3.42. The van der Waals surface area contributed by atoms with Crippen molar-refractivity contribution in [3.8, 4) is 5.75 Å². The number of para-hydroxylation sites is 1. The second-order valence-electron chi connectivity index (χ2n) is 4.75. The van der Waals surface area contributed by atoms with Gasteiger partial charge in [0.15, 0.2) is 0 Å². The highest BCUT2D eigenvalue weighted by molar-refractivity contribution is 9.10. The average molecular weight is 298 g/mol. The largest absolute Gasteiger partial charge is 0.489 e. The van der Waals surface area contributed by atoms with E-state index in [0.717, 1.165) is 22.7 Å². The summed E-state index contributed by atoms with van der Waals surface area (Å²) in [6.07, 6.45) is 5.29. The van der Waals surface area contributed by atoms with Crippen molar-refractivity contribution in [1.29, 1.82) is 0 Å². The fraction of sp³-hybridized carbons (Fsp3) is 0.571. The molecule has 1 fully saturated rings. The van der Waals surface area contributed by atoms with Gasteiger partial charge in [-0.15, -0.1) is 0 Å². The number of hydrogen-bond acceptors (Lipinski definition) is 2. The molecule has 2 nitrogen and oxygen atoms in total. The third kappa shape index (κ3) is 3.71. The van der Waals surface area contributed by atoms with Crippen LogP contribution >= 0.6 is 15.9 Å². The van der Waals surface area contributed by atoms with E-state index in [-0.39, 0.29) is 0 Å². The van der Waals surface area contributed by atoms with Gasteiger partial charge in [0.25, 0.3) is 0 Å². The van der Waals surface area contributed by atoms with Crippen molar-refractivity contribution >= 4 is 15.9 Å². The molecule has 17 heavy (non-hydrogen) atoms. The molecule has 1 aromatic carbocycles. The minimum Gasteiger partial charge on any atom is -0.489 e. The fourth-order valence-corrected chi connectivity index (χ4v) is 2.84. The number of rotatable bonds is 4. The number of hydrogen-bond donors (Lipinski definition) is 1. The predicted octanol–water partition coefficient (Wildman–Crippen LogP) is 3.61. The van der Waals surface area contributed by atoms with Crippen LogP contribution in [0.3, 0.4) is 0 Å². The Morgan fingerprint density at radius 3 is 2.59 bits per heavy atom. The van der Waals surface area contributed by atoms with Crippen LogP contribution in [-0.4, -0.2) is 19.7 Å². The third-order valence-corrected chi connectivity index (χ3v) is 4.07. The maximum Gasteiger partial charge on any atom is 0.133 e. The number of benzene rings is 1. The van der Waals surface area contributed by atoms with Gasteiger partial charge >= 0.3 is 0 Å². The highest BCUT2D eigenvalue weighted by atomic mass is 79.9. The van der Waals surface area contributed by atoms with Crippen molar-refractivity contribution in [2.24, 2.45) is 5.92 Å². The number of ether oxygens (including phenoxy) is 1. The maximum atomic E-state index is 6.05. The SMILES string of the molecule is CNCC1CCC(Oc2ccccc2Br)CC1. The summed E-state index contributed by atoms with van der Waals surface area (Å²) in [6.45, 7) is 1.14. The number of halogens is 1. The molecule has 1 aliphatic rings. The summed E-state index contributed by atoms with van der Waals surface area (Å²) in [4.78, 5) is 0. The summed E-state index contributed by atoms with van der Waals surface area (Å²) < 4.78 is 7.10. The van der Waals surface area contributed by atoms with Gasteiger partial charge in [0.05, 0.1) is 10.6 Å². The minimum absolute atomic E-state index is 0.391. The molecule has 2 rings (SSSR count). The van der Waals surface area contributed by atoms with Gasteiger partial charge < -0.3 is 10.1 Å². The maximum absolute atomic E-state index is 6.05. The van der Waals surface area contributed by atoms with Crippen molar-refractivity contribution in [2.75, 3.05) is 13.6 Å². The molecule has 1 aromatic rings. The average Bonchev–Trinajstić information content (AvgIpc) is 2.35. The Morgan fingerprint density at radius 1 is 1.24 bits per heavy atom. The smallest absolute Gasteiger partial charge is 0.133 e. The molecule has 0 unspecified atom stereocenters. The zero-order valence-corrected chi connectivity index (χ0v) is 11.9. The first-order chi connectivity index (χ1) is 8.29. The summed E-state index contributed by atoms with van der Waals surface area (Å²) in [5.74, 6) is 1.81. The lowest BCUT2D eigenvalue weighted by Gasteiger charge is -2.29. The molecule has 94 valence electrons. The van der Waals surface area contributed by atoms with Crippen LogP contribution in [-0.2, 0) is 0 Å². The molecule has 0 aromatic heterocycles. The van der Waals surface area contributed by atoms with Crippen LogP contribution in [0.5, 0.6) is 5.75 Å². The topological polar surface area (TPSA) is 21.3 Å². The van der Waals surface area contributed by atoms with Crippen LogP contribution in [0.25, 0.3) is 0 Å². The Bertz CT molecular complexity index is 348. The van der Waals surface area contributed by atoms with Gasteiger partial charge in [-0.05, 0) is 73.3 Å². The van der Waals surface area contributed by atoms with E-state index in [4.69, 9.17) is 4.74 Å². The lowest BCUT2D eigenvalue weighted by molar-refractivity contribution is 0.130. The first kappa shape index (κ1) is 12.9. The summed E-state index contributed by atoms with van der Waals surface area (Å²) >= 11 is 3.52. The van der Waals surface area contributed by atoms with Crippen molar-refractivity contribution in [3.05, 3.63) is 28.7 Å². The summed E-state index contributed by atoms with van der Waals surface area (Å²) in [5, 5.41) is 3.26. The van der Waals surface area contributed by atoms with Gasteiger partial charge in [-0.1, -0.05) is 12.1 Å². The molecule has 0 bridgehead atoms. The van der Waals surface area contributed by atoms with Crippen LogP contribution in [0.1, 0.15) is 25.7 Å². The van der Waals surface area contributed by atoms with E-state index in [2.05, 4.69) is 21.2 Å². The van der Waals surface area contributed by atoms with Crippen LogP contribution in [0.4, 0.5) is 0 Å². The fourth-order valence-electron chi connectivity index (χ4n) is 2.46. The molecule has 0 heterocycles. The number of nitrogens with one attached hydrogen (secondary N) is 1. The Labute approximate surface area is 112 Å². The first-order valence-corrected chi connectivity index (χ1v) is 7.14. The second kappa shape index (κ2) is 6.41. The molecular weight excluding hydrogens is 278 g/mol. The molecule has 0 saturated heterocycles. The Morgan fingerprint density at radius 2 is 1.94 bits per heavy atom. The van der Waals surface area contributed by atoms with E-state index in [0.29, 0.717) is 6.10 Å². The molecule has 0 spiro atoms. The van der Waals surface area contributed by atoms with Gasteiger partial charge in [-0.25, -0.2) is 0 Å². The van der Waals surface area contributed by atoms with E-state index in [1.165, 1.54) is 25.7 Å². The molecule has 1 N–H and O–H groups in total. The first-order valence-electron chi connectivity index (χ1n) is 6.35. The molecule has 0 aliphatic heterocycles. The Hall–Kier alpha value is -0.540. The van der Waals surface area contributed by atoms with E-state index in [9.17, 15) is 0 Å². The molecule has 0 amide bonds. The summed E-state index contributed by atoms with van der Waals surface area (Å²) in [7, 11) is 2.03. The van der Waals surface area contributed by atoms with Gasteiger partial charge in [-0.3, -0.25) is 0 Å². The van der Waals surface area contributed by atoms with Crippen molar-refractivity contribution in [3.63, 3.8) is 0 Å². The Balaban J connectivity index is 1.84. The van der Waals surface area contributed by atoms with E-state index < -0.39 is 0 Å². The highest BCUT2D eigenvalue weighted by Gasteiger charge is 2.22. The summed E-state index contributed by atoms with van der Waals surface area (Å²) in [6, 6.07) is 8.10. The van der Waals surface area contributed by atoms with Crippen LogP contribution in [0.15, 0.2) is 28.7 Å². The molecule has 3 heteroatoms. The standard InChI is InChI=1S/C14H20BrNO/c1-16-10-11-6-8-12(9-7-11)17-14-5-3-2-4-13(14)15/h2-5,11-12,16H,6-10H2,1H3. The van der Waals surface area contributed by atoms with Gasteiger partial charge in [-0.2, -0.15) is 0 Å². The molecule has 1 aliphatic carbocycles. The van der Waals surface area contributed by atoms with E-state index >= 15 is 0 Å². The van der Waals surface area contributed by atoms with Crippen LogP contribution in [0.2, 0.25) is 0 Å². The molecule has 0 radical (unpaired) electrons. The zero-order chi connectivity index (χ0) is 12.1. The normalized spacial score (nSPS) is 24.6. The monoisotopic (exact) mass is 297 g/mol. The van der Waals surface area contributed by atoms with E-state index in [1.54, 1.807) is 0 Å². The van der Waals surface area contributed by atoms with Gasteiger partial charge in [0.2, 0.25) is 0 Å². The van der Waals surface area contributed by atoms with Crippen LogP contribution < -0.4 is 10.1 Å². The van der Waals surface area contributed by atoms with Gasteiger partial charge in [0, 0.05) is 0 Å². The summed E-state index contributed by atoms with van der Waals surface area (Å²) in [5.41, 5.74) is 0. The van der Waals surface area contributed by atoms with Gasteiger partial charge in [0.1, 0.15) is 5.75 Å². The highest BCUT2D eigenvalue weighted by Crippen LogP contribution is 2.30. The van der Waals surface area contributed by atoms with Crippen molar-refractivity contribution < 1.29 is 4.74 Å². The predicted molar refractivity (Wildman–Crippen MR) is 74.4 cm³/mol. The molecule has 1 saturated carbocycles. The lowest BCUT2D eigenvalue weighted by atomic mass is 9.87. The minimum atomic E-state index is 0.391.